The number of ether oxygens (including phenoxy) is 1. The lowest BCUT2D eigenvalue weighted by molar-refractivity contribution is 0.102. The molecular weight excluding hydrogens is 428 g/mol. The number of anilines is 2. The number of fused-ring (bicyclic) bond motifs is 1. The Hall–Kier alpha value is -2.53. The van der Waals surface area contributed by atoms with E-state index < -0.39 is 0 Å². The average Bonchev–Trinajstić information content (AvgIpc) is 2.75. The zero-order chi connectivity index (χ0) is 20.4. The highest BCUT2D eigenvalue weighted by atomic mass is 79.9. The molecule has 150 valence electrons. The van der Waals surface area contributed by atoms with Crippen molar-refractivity contribution in [2.24, 2.45) is 5.92 Å². The van der Waals surface area contributed by atoms with Gasteiger partial charge in [0.05, 0.1) is 17.1 Å². The maximum absolute atomic E-state index is 13.0. The van der Waals surface area contributed by atoms with Gasteiger partial charge in [-0.15, -0.1) is 0 Å². The predicted octanol–water partition coefficient (Wildman–Crippen LogP) is 6.10. The van der Waals surface area contributed by atoms with Crippen molar-refractivity contribution in [3.63, 3.8) is 0 Å². The van der Waals surface area contributed by atoms with Crippen molar-refractivity contribution in [1.29, 1.82) is 0 Å². The molecule has 0 saturated carbocycles. The van der Waals surface area contributed by atoms with Gasteiger partial charge in [-0.1, -0.05) is 31.2 Å². The van der Waals surface area contributed by atoms with Gasteiger partial charge < -0.3 is 15.0 Å². The van der Waals surface area contributed by atoms with E-state index in [0.717, 1.165) is 39.9 Å². The molecule has 0 atom stereocenters. The summed E-state index contributed by atoms with van der Waals surface area (Å²) in [4.78, 5) is 15.4. The highest BCUT2D eigenvalue weighted by Crippen LogP contribution is 2.37. The first-order valence-electron chi connectivity index (χ1n) is 9.98. The summed E-state index contributed by atoms with van der Waals surface area (Å²) in [5.74, 6) is 1.16. The lowest BCUT2D eigenvalue weighted by atomic mass is 9.99. The van der Waals surface area contributed by atoms with Crippen molar-refractivity contribution >= 4 is 44.0 Å². The molecule has 0 spiro atoms. The second-order valence-electron chi connectivity index (χ2n) is 7.66. The summed E-state index contributed by atoms with van der Waals surface area (Å²) in [5, 5.41) is 5.00. The summed E-state index contributed by atoms with van der Waals surface area (Å²) >= 11 is 3.59. The monoisotopic (exact) mass is 452 g/mol. The van der Waals surface area contributed by atoms with Crippen LogP contribution in [-0.4, -0.2) is 26.1 Å². The third kappa shape index (κ3) is 4.10. The maximum atomic E-state index is 13.0. The van der Waals surface area contributed by atoms with E-state index in [1.165, 1.54) is 18.5 Å². The molecule has 3 aromatic rings. The summed E-state index contributed by atoms with van der Waals surface area (Å²) < 4.78 is 6.33. The van der Waals surface area contributed by atoms with Gasteiger partial charge in [-0.3, -0.25) is 4.79 Å². The lowest BCUT2D eigenvalue weighted by Gasteiger charge is -2.32. The molecule has 0 radical (unpaired) electrons. The van der Waals surface area contributed by atoms with Crippen LogP contribution in [0.4, 0.5) is 11.4 Å². The molecule has 1 fully saturated rings. The van der Waals surface area contributed by atoms with Crippen LogP contribution in [0.25, 0.3) is 10.8 Å². The van der Waals surface area contributed by atoms with Gasteiger partial charge in [0.1, 0.15) is 5.75 Å². The Kier molecular flexibility index (Phi) is 5.76. The second-order valence-corrected chi connectivity index (χ2v) is 8.46. The SMILES string of the molecule is COc1c(C(=O)Nc2ccc(N3CCC(C)CC3)cc2)cc2ccccc2c1Br. The van der Waals surface area contributed by atoms with E-state index in [1.54, 1.807) is 7.11 Å². The fourth-order valence-electron chi connectivity index (χ4n) is 3.87. The molecule has 4 rings (SSSR count). The van der Waals surface area contributed by atoms with Crippen LogP contribution >= 0.6 is 15.9 Å². The number of carbonyl (C=O) groups excluding carboxylic acids is 1. The Bertz CT molecular complexity index is 1020. The van der Waals surface area contributed by atoms with Gasteiger partial charge in [-0.2, -0.15) is 0 Å². The quantitative estimate of drug-likeness (QED) is 0.519. The first-order chi connectivity index (χ1) is 14.1. The smallest absolute Gasteiger partial charge is 0.259 e. The molecule has 4 nitrogen and oxygen atoms in total. The zero-order valence-electron chi connectivity index (χ0n) is 16.7. The summed E-state index contributed by atoms with van der Waals surface area (Å²) in [5.41, 5.74) is 2.49. The van der Waals surface area contributed by atoms with E-state index in [0.29, 0.717) is 11.3 Å². The van der Waals surface area contributed by atoms with Crippen molar-refractivity contribution < 1.29 is 9.53 Å². The van der Waals surface area contributed by atoms with E-state index in [9.17, 15) is 4.79 Å². The van der Waals surface area contributed by atoms with Gasteiger partial charge in [-0.05, 0) is 75.8 Å². The van der Waals surface area contributed by atoms with Crippen LogP contribution in [-0.2, 0) is 0 Å². The van der Waals surface area contributed by atoms with Crippen LogP contribution in [0.1, 0.15) is 30.1 Å². The van der Waals surface area contributed by atoms with E-state index in [4.69, 9.17) is 4.74 Å². The van der Waals surface area contributed by atoms with Crippen molar-refractivity contribution in [3.05, 3.63) is 64.6 Å². The van der Waals surface area contributed by atoms with Crippen LogP contribution in [0.2, 0.25) is 0 Å². The highest BCUT2D eigenvalue weighted by Gasteiger charge is 2.19. The maximum Gasteiger partial charge on any atom is 0.259 e. The summed E-state index contributed by atoms with van der Waals surface area (Å²) in [6, 6.07) is 17.9. The molecule has 0 aliphatic carbocycles. The van der Waals surface area contributed by atoms with Crippen LogP contribution in [0.3, 0.4) is 0 Å². The van der Waals surface area contributed by atoms with Crippen LogP contribution in [0.5, 0.6) is 5.75 Å². The number of nitrogens with one attached hydrogen (secondary N) is 1. The molecule has 0 unspecified atom stereocenters. The summed E-state index contributed by atoms with van der Waals surface area (Å²) in [6.45, 7) is 4.50. The third-order valence-corrected chi connectivity index (χ3v) is 6.45. The van der Waals surface area contributed by atoms with E-state index >= 15 is 0 Å². The highest BCUT2D eigenvalue weighted by molar-refractivity contribution is 9.10. The number of rotatable bonds is 4. The molecule has 1 amide bonds. The minimum Gasteiger partial charge on any atom is -0.495 e. The Morgan fingerprint density at radius 2 is 1.79 bits per heavy atom. The first-order valence-corrected chi connectivity index (χ1v) is 10.8. The number of amides is 1. The van der Waals surface area contributed by atoms with Crippen LogP contribution in [0, 0.1) is 5.92 Å². The third-order valence-electron chi connectivity index (χ3n) is 5.66. The molecular formula is C24H25BrN2O2. The Balaban J connectivity index is 1.55. The van der Waals surface area contributed by atoms with Gasteiger partial charge >= 0.3 is 0 Å². The largest absolute Gasteiger partial charge is 0.495 e. The molecule has 1 saturated heterocycles. The number of hydrogen-bond acceptors (Lipinski definition) is 3. The Morgan fingerprint density at radius 1 is 1.10 bits per heavy atom. The Labute approximate surface area is 180 Å². The zero-order valence-corrected chi connectivity index (χ0v) is 18.3. The normalized spacial score (nSPS) is 14.8. The number of benzene rings is 3. The van der Waals surface area contributed by atoms with E-state index in [1.807, 2.05) is 42.5 Å². The standard InChI is InChI=1S/C24H25BrN2O2/c1-16-11-13-27(14-12-16)19-9-7-18(8-10-19)26-24(28)21-15-17-5-3-4-6-20(17)22(25)23(21)29-2/h3-10,15-16H,11-14H2,1-2H3,(H,26,28). The van der Waals surface area contributed by atoms with E-state index in [-0.39, 0.29) is 5.91 Å². The first kappa shape index (κ1) is 19.8. The van der Waals surface area contributed by atoms with Crippen molar-refractivity contribution in [1.82, 2.24) is 0 Å². The number of halogens is 1. The fourth-order valence-corrected chi connectivity index (χ4v) is 4.61. The molecule has 1 N–H and O–H groups in total. The number of carbonyl (C=O) groups is 1. The van der Waals surface area contributed by atoms with Gasteiger partial charge in [0.2, 0.25) is 0 Å². The van der Waals surface area contributed by atoms with Gasteiger partial charge in [0.25, 0.3) is 5.91 Å². The molecule has 5 heteroatoms. The summed E-state index contributed by atoms with van der Waals surface area (Å²) in [7, 11) is 1.58. The molecule has 1 heterocycles. The van der Waals surface area contributed by atoms with Gasteiger partial charge in [-0.25, -0.2) is 0 Å². The molecule has 0 bridgehead atoms. The summed E-state index contributed by atoms with van der Waals surface area (Å²) in [6.07, 6.45) is 2.46. The molecule has 29 heavy (non-hydrogen) atoms. The van der Waals surface area contributed by atoms with Crippen molar-refractivity contribution in [3.8, 4) is 5.75 Å². The average molecular weight is 453 g/mol. The predicted molar refractivity (Wildman–Crippen MR) is 123 cm³/mol. The number of hydrogen-bond donors (Lipinski definition) is 1. The number of nitrogens with zero attached hydrogens (tertiary/aromatic N) is 1. The Morgan fingerprint density at radius 3 is 2.48 bits per heavy atom. The van der Waals surface area contributed by atoms with E-state index in [2.05, 4.69) is 45.2 Å². The van der Waals surface area contributed by atoms with Crippen LogP contribution < -0.4 is 15.0 Å². The second kappa shape index (κ2) is 8.46. The molecule has 0 aromatic heterocycles. The van der Waals surface area contributed by atoms with Gasteiger partial charge in [0, 0.05) is 24.5 Å². The van der Waals surface area contributed by atoms with Crippen LogP contribution in [0.15, 0.2) is 59.1 Å². The molecule has 3 aromatic carbocycles. The minimum atomic E-state index is -0.187. The lowest BCUT2D eigenvalue weighted by Crippen LogP contribution is -2.32. The topological polar surface area (TPSA) is 41.6 Å². The molecule has 1 aliphatic heterocycles. The van der Waals surface area contributed by atoms with Crippen molar-refractivity contribution in [2.75, 3.05) is 30.4 Å². The van der Waals surface area contributed by atoms with Gasteiger partial charge in [0.15, 0.2) is 0 Å². The number of piperidine rings is 1. The molecule has 1 aliphatic rings. The fraction of sp³-hybridized carbons (Fsp3) is 0.292. The number of methoxy groups -OCH3 is 1. The van der Waals surface area contributed by atoms with Crippen molar-refractivity contribution in [2.45, 2.75) is 19.8 Å². The minimum absolute atomic E-state index is 0.187.